The molecule has 4 rings (SSSR count). The molecule has 242 valence electrons. The first-order valence-electron chi connectivity index (χ1n) is 14.7. The van der Waals surface area contributed by atoms with Gasteiger partial charge in [-0.15, -0.1) is 0 Å². The second kappa shape index (κ2) is 15.9. The number of pyridine rings is 2. The zero-order valence-corrected chi connectivity index (χ0v) is 27.3. The van der Waals surface area contributed by atoms with Gasteiger partial charge in [0.15, 0.2) is 11.5 Å². The molecule has 2 aromatic heterocycles. The third kappa shape index (κ3) is 8.29. The number of methoxy groups -OCH3 is 4. The highest BCUT2D eigenvalue weighted by Crippen LogP contribution is 2.42. The van der Waals surface area contributed by atoms with Gasteiger partial charge in [0, 0.05) is 43.9 Å². The summed E-state index contributed by atoms with van der Waals surface area (Å²) in [4.78, 5) is 13.9. The molecule has 0 N–H and O–H groups in total. The molecule has 0 aliphatic rings. The van der Waals surface area contributed by atoms with Crippen LogP contribution in [0.3, 0.4) is 0 Å². The number of aromatic nitrogens is 2. The summed E-state index contributed by atoms with van der Waals surface area (Å²) in [7, 11) is 10.8. The molecule has 0 fully saturated rings. The van der Waals surface area contributed by atoms with Crippen molar-refractivity contribution in [2.45, 2.75) is 40.7 Å². The third-order valence-electron chi connectivity index (χ3n) is 7.52. The van der Waals surface area contributed by atoms with E-state index in [1.165, 1.54) is 0 Å². The van der Waals surface area contributed by atoms with E-state index in [9.17, 15) is 0 Å². The van der Waals surface area contributed by atoms with Gasteiger partial charge in [-0.2, -0.15) is 0 Å². The highest BCUT2D eigenvalue weighted by Gasteiger charge is 2.17. The summed E-state index contributed by atoms with van der Waals surface area (Å²) in [5.41, 5.74) is 6.62. The van der Waals surface area contributed by atoms with E-state index >= 15 is 0 Å². The molecule has 9 heteroatoms. The lowest BCUT2D eigenvalue weighted by molar-refractivity contribution is 0.218. The number of anilines is 2. The quantitative estimate of drug-likeness (QED) is 0.143. The average molecular weight is 617 g/mol. The van der Waals surface area contributed by atoms with Gasteiger partial charge < -0.3 is 33.5 Å². The Morgan fingerprint density at radius 3 is 1.38 bits per heavy atom. The smallest absolute Gasteiger partial charge is 0.203 e. The first-order valence-corrected chi connectivity index (χ1v) is 14.7. The van der Waals surface area contributed by atoms with Crippen molar-refractivity contribution in [1.29, 1.82) is 0 Å². The van der Waals surface area contributed by atoms with Crippen molar-refractivity contribution in [2.24, 2.45) is 0 Å². The van der Waals surface area contributed by atoms with Gasteiger partial charge in [0.25, 0.3) is 0 Å². The van der Waals surface area contributed by atoms with Crippen LogP contribution < -0.4 is 33.5 Å². The second-order valence-corrected chi connectivity index (χ2v) is 10.9. The molecular formula is C36H48N4O5. The van der Waals surface area contributed by atoms with Gasteiger partial charge in [-0.25, -0.2) is 0 Å². The minimum absolute atomic E-state index is 0. The van der Waals surface area contributed by atoms with Crippen molar-refractivity contribution in [2.75, 3.05) is 65.4 Å². The third-order valence-corrected chi connectivity index (χ3v) is 7.52. The summed E-state index contributed by atoms with van der Waals surface area (Å²) in [5.74, 6) is 3.38. The fourth-order valence-electron chi connectivity index (χ4n) is 4.98. The largest absolute Gasteiger partial charge is 0.496 e. The van der Waals surface area contributed by atoms with Crippen molar-refractivity contribution in [3.05, 3.63) is 66.5 Å². The fraction of sp³-hybridized carbons (Fsp3) is 0.389. The number of rotatable bonds is 14. The van der Waals surface area contributed by atoms with Crippen LogP contribution in [0.2, 0.25) is 0 Å². The molecule has 0 aliphatic carbocycles. The van der Waals surface area contributed by atoms with Crippen LogP contribution in [0.5, 0.6) is 28.7 Å². The summed E-state index contributed by atoms with van der Waals surface area (Å²) < 4.78 is 28.2. The molecule has 0 spiro atoms. The zero-order chi connectivity index (χ0) is 31.8. The normalized spacial score (nSPS) is 10.6. The molecule has 0 amide bonds. The highest BCUT2D eigenvalue weighted by molar-refractivity contribution is 5.70. The SMILES string of the molecule is C.COc1cc(-c2ccc(N(C)CCCN(C)c3ccc(-c4cc(OC)c(OC(C)C)c(OC)c4)nc3)cn2)cc(OC)c1C. The van der Waals surface area contributed by atoms with Gasteiger partial charge in [-0.3, -0.25) is 9.97 Å². The maximum atomic E-state index is 5.93. The first kappa shape index (κ1) is 34.8. The predicted molar refractivity (Wildman–Crippen MR) is 184 cm³/mol. The van der Waals surface area contributed by atoms with E-state index in [4.69, 9.17) is 33.7 Å². The van der Waals surface area contributed by atoms with Crippen LogP contribution in [0.25, 0.3) is 22.5 Å². The number of hydrogen-bond donors (Lipinski definition) is 0. The molecule has 2 heterocycles. The summed E-state index contributed by atoms with van der Waals surface area (Å²) in [6.45, 7) is 7.68. The Morgan fingerprint density at radius 2 is 1.04 bits per heavy atom. The number of hydrogen-bond acceptors (Lipinski definition) is 9. The maximum absolute atomic E-state index is 5.93. The van der Waals surface area contributed by atoms with Gasteiger partial charge >= 0.3 is 0 Å². The lowest BCUT2D eigenvalue weighted by Gasteiger charge is -2.23. The van der Waals surface area contributed by atoms with Crippen molar-refractivity contribution < 1.29 is 23.7 Å². The van der Waals surface area contributed by atoms with Crippen molar-refractivity contribution >= 4 is 11.4 Å². The molecule has 0 aliphatic heterocycles. The Labute approximate surface area is 268 Å². The molecule has 0 saturated carbocycles. The van der Waals surface area contributed by atoms with E-state index < -0.39 is 0 Å². The summed E-state index contributed by atoms with van der Waals surface area (Å²) in [6.07, 6.45) is 4.77. The Morgan fingerprint density at radius 1 is 0.644 bits per heavy atom. The molecule has 0 radical (unpaired) electrons. The zero-order valence-electron chi connectivity index (χ0n) is 27.3. The molecule has 0 saturated heterocycles. The van der Waals surface area contributed by atoms with Crippen molar-refractivity contribution in [3.63, 3.8) is 0 Å². The van der Waals surface area contributed by atoms with Crippen LogP contribution in [0.15, 0.2) is 60.9 Å². The van der Waals surface area contributed by atoms with Crippen LogP contribution in [0.4, 0.5) is 11.4 Å². The Kier molecular flexibility index (Phi) is 12.3. The lowest BCUT2D eigenvalue weighted by Crippen LogP contribution is -2.25. The number of nitrogens with zero attached hydrogens (tertiary/aromatic N) is 4. The topological polar surface area (TPSA) is 78.4 Å². The highest BCUT2D eigenvalue weighted by atomic mass is 16.5. The van der Waals surface area contributed by atoms with Crippen LogP contribution in [-0.4, -0.2) is 71.7 Å². The number of benzene rings is 2. The van der Waals surface area contributed by atoms with Gasteiger partial charge in [-0.05, 0) is 75.7 Å². The van der Waals surface area contributed by atoms with Gasteiger partial charge in [-0.1, -0.05) is 7.43 Å². The molecule has 2 aromatic carbocycles. The van der Waals surface area contributed by atoms with E-state index in [0.717, 1.165) is 70.5 Å². The molecule has 0 unspecified atom stereocenters. The molecule has 45 heavy (non-hydrogen) atoms. The predicted octanol–water partition coefficient (Wildman–Crippen LogP) is 7.54. The summed E-state index contributed by atoms with van der Waals surface area (Å²) in [6, 6.07) is 16.1. The lowest BCUT2D eigenvalue weighted by atomic mass is 10.1. The monoisotopic (exact) mass is 616 g/mol. The second-order valence-electron chi connectivity index (χ2n) is 10.9. The Balaban J connectivity index is 0.00000552. The summed E-state index contributed by atoms with van der Waals surface area (Å²) in [5, 5.41) is 0. The number of ether oxygens (including phenoxy) is 5. The van der Waals surface area contributed by atoms with Gasteiger partial charge in [0.1, 0.15) is 11.5 Å². The van der Waals surface area contributed by atoms with E-state index in [1.807, 2.05) is 69.6 Å². The minimum atomic E-state index is -0.00666. The van der Waals surface area contributed by atoms with E-state index in [1.54, 1.807) is 28.4 Å². The van der Waals surface area contributed by atoms with E-state index in [2.05, 4.69) is 36.0 Å². The molecule has 9 nitrogen and oxygen atoms in total. The Bertz CT molecular complexity index is 1470. The Hall–Kier alpha value is -4.66. The summed E-state index contributed by atoms with van der Waals surface area (Å²) >= 11 is 0. The van der Waals surface area contributed by atoms with Gasteiger partial charge in [0.2, 0.25) is 5.75 Å². The molecule has 0 atom stereocenters. The van der Waals surface area contributed by atoms with Crippen LogP contribution >= 0.6 is 0 Å². The average Bonchev–Trinajstić information content (AvgIpc) is 3.04. The maximum Gasteiger partial charge on any atom is 0.203 e. The van der Waals surface area contributed by atoms with Crippen molar-refractivity contribution in [3.8, 4) is 51.3 Å². The molecule has 0 bridgehead atoms. The fourth-order valence-corrected chi connectivity index (χ4v) is 4.98. The first-order chi connectivity index (χ1) is 21.2. The van der Waals surface area contributed by atoms with Crippen molar-refractivity contribution in [1.82, 2.24) is 9.97 Å². The van der Waals surface area contributed by atoms with Crippen LogP contribution in [-0.2, 0) is 0 Å². The van der Waals surface area contributed by atoms with Crippen LogP contribution in [0.1, 0.15) is 33.3 Å². The van der Waals surface area contributed by atoms with Crippen LogP contribution in [0, 0.1) is 6.92 Å². The van der Waals surface area contributed by atoms with E-state index in [-0.39, 0.29) is 13.5 Å². The molecule has 4 aromatic rings. The van der Waals surface area contributed by atoms with E-state index in [0.29, 0.717) is 17.2 Å². The minimum Gasteiger partial charge on any atom is -0.496 e. The standard InChI is InChI=1S/C35H44N4O5.CH4/c1-23(2)44-35-33(42-8)19-26(20-34(35)43-9)30-14-12-28(22-37-30)39(5)16-10-15-38(4)27-11-13-29(36-21-27)25-17-31(40-6)24(3)32(18-25)41-7;/h11-14,17-23H,10,15-16H2,1-9H3;1H4. The molecular weight excluding hydrogens is 568 g/mol. The van der Waals surface area contributed by atoms with Gasteiger partial charge in [0.05, 0.1) is 69.7 Å².